The van der Waals surface area contributed by atoms with Gasteiger partial charge in [-0.05, 0) is 44.9 Å². The van der Waals surface area contributed by atoms with E-state index in [9.17, 15) is 9.59 Å². The van der Waals surface area contributed by atoms with E-state index in [0.717, 1.165) is 19.4 Å². The second-order valence-electron chi connectivity index (χ2n) is 6.48. The van der Waals surface area contributed by atoms with Crippen LogP contribution in [0.4, 0.5) is 5.69 Å². The van der Waals surface area contributed by atoms with Crippen LogP contribution in [0.25, 0.3) is 0 Å². The number of piperidine rings is 1. The Morgan fingerprint density at radius 3 is 2.93 bits per heavy atom. The maximum Gasteiger partial charge on any atom is 0.310 e. The van der Waals surface area contributed by atoms with Crippen molar-refractivity contribution in [2.75, 3.05) is 38.1 Å². The maximum absolute atomic E-state index is 12.3. The number of carbonyl (C=O) groups is 2. The molecule has 1 aliphatic heterocycles. The van der Waals surface area contributed by atoms with Crippen molar-refractivity contribution >= 4 is 23.5 Å². The van der Waals surface area contributed by atoms with E-state index < -0.39 is 0 Å². The van der Waals surface area contributed by atoms with E-state index in [-0.39, 0.29) is 24.3 Å². The van der Waals surface area contributed by atoms with Gasteiger partial charge in [0.15, 0.2) is 5.96 Å². The number of hydrogen-bond acceptors (Lipinski definition) is 4. The van der Waals surface area contributed by atoms with Crippen molar-refractivity contribution in [3.05, 3.63) is 29.8 Å². The van der Waals surface area contributed by atoms with Crippen LogP contribution in [0.3, 0.4) is 0 Å². The lowest BCUT2D eigenvalue weighted by atomic mass is 9.98. The fourth-order valence-electron chi connectivity index (χ4n) is 3.08. The molecule has 1 amide bonds. The third kappa shape index (κ3) is 6.31. The topological polar surface area (TPSA) is 83.0 Å². The Morgan fingerprint density at radius 1 is 1.39 bits per heavy atom. The molecule has 1 unspecified atom stereocenters. The summed E-state index contributed by atoms with van der Waals surface area (Å²) in [5, 5.41) is 6.00. The molecule has 1 atom stereocenters. The number of likely N-dealkylation sites (tertiary alicyclic amines) is 1. The zero-order valence-electron chi connectivity index (χ0n) is 16.5. The number of nitrogens with one attached hydrogen (secondary N) is 2. The molecular weight excluding hydrogens is 356 g/mol. The molecule has 1 saturated heterocycles. The number of ether oxygens (including phenoxy) is 1. The number of aliphatic imine (C=N–C) groups is 1. The van der Waals surface area contributed by atoms with E-state index in [0.29, 0.717) is 36.9 Å². The van der Waals surface area contributed by atoms with E-state index >= 15 is 0 Å². The van der Waals surface area contributed by atoms with Crippen LogP contribution in [0.2, 0.25) is 0 Å². The van der Waals surface area contributed by atoms with Crippen LogP contribution in [-0.4, -0.2) is 55.5 Å². The highest BCUT2D eigenvalue weighted by molar-refractivity contribution is 5.94. The van der Waals surface area contributed by atoms with Gasteiger partial charge >= 0.3 is 5.97 Å². The lowest BCUT2D eigenvalue weighted by molar-refractivity contribution is -0.149. The summed E-state index contributed by atoms with van der Waals surface area (Å²) in [6, 6.07) is 7.11. The van der Waals surface area contributed by atoms with Gasteiger partial charge in [0.1, 0.15) is 6.54 Å². The number of anilines is 1. The quantitative estimate of drug-likeness (QED) is 0.338. The van der Waals surface area contributed by atoms with Gasteiger partial charge in [-0.3, -0.25) is 9.59 Å². The minimum absolute atomic E-state index is 0.0246. The first-order chi connectivity index (χ1) is 13.6. The van der Waals surface area contributed by atoms with E-state index in [2.05, 4.69) is 21.5 Å². The zero-order chi connectivity index (χ0) is 20.4. The summed E-state index contributed by atoms with van der Waals surface area (Å²) < 4.78 is 5.15. The molecule has 0 radical (unpaired) electrons. The first-order valence-electron chi connectivity index (χ1n) is 9.63. The fraction of sp³-hybridized carbons (Fsp3) is 0.476. The van der Waals surface area contributed by atoms with E-state index in [1.165, 1.54) is 0 Å². The van der Waals surface area contributed by atoms with Crippen molar-refractivity contribution in [3.63, 3.8) is 0 Å². The molecule has 150 valence electrons. The average Bonchev–Trinajstić information content (AvgIpc) is 2.71. The Balaban J connectivity index is 1.99. The monoisotopic (exact) mass is 384 g/mol. The molecule has 1 heterocycles. The molecule has 0 aromatic heterocycles. The molecule has 2 rings (SSSR count). The predicted octanol–water partition coefficient (Wildman–Crippen LogP) is 1.85. The van der Waals surface area contributed by atoms with Crippen molar-refractivity contribution in [1.29, 1.82) is 0 Å². The van der Waals surface area contributed by atoms with Gasteiger partial charge in [-0.2, -0.15) is 0 Å². The normalized spacial score (nSPS) is 16.8. The summed E-state index contributed by atoms with van der Waals surface area (Å²) in [6.07, 6.45) is 7.06. The maximum atomic E-state index is 12.3. The Kier molecular flexibility index (Phi) is 8.35. The molecule has 1 aromatic rings. The molecule has 1 aliphatic rings. The first kappa shape index (κ1) is 21.3. The molecule has 7 nitrogen and oxygen atoms in total. The van der Waals surface area contributed by atoms with Gasteiger partial charge in [0.2, 0.25) is 5.91 Å². The largest absolute Gasteiger partial charge is 0.466 e. The summed E-state index contributed by atoms with van der Waals surface area (Å²) in [7, 11) is 0. The van der Waals surface area contributed by atoms with Crippen molar-refractivity contribution < 1.29 is 14.3 Å². The standard InChI is InChI=1S/C21H28N4O3/c1-4-16-9-7-11-18(13-16)24-19(26)14-23-21(22-5-2)25-12-8-10-17(15-25)20(27)28-6-3/h1,7,9,11,13,17H,5-6,8,10,12,14-15H2,2-3H3,(H,22,23)(H,24,26). The summed E-state index contributed by atoms with van der Waals surface area (Å²) in [6.45, 7) is 6.12. The average molecular weight is 384 g/mol. The van der Waals surface area contributed by atoms with Gasteiger partial charge in [-0.1, -0.05) is 12.0 Å². The van der Waals surface area contributed by atoms with Crippen LogP contribution in [0, 0.1) is 18.3 Å². The summed E-state index contributed by atoms with van der Waals surface area (Å²) in [5.74, 6) is 2.59. The van der Waals surface area contributed by atoms with E-state index in [1.54, 1.807) is 24.3 Å². The Bertz CT molecular complexity index is 754. The third-order valence-corrected chi connectivity index (χ3v) is 4.36. The highest BCUT2D eigenvalue weighted by Gasteiger charge is 2.28. The summed E-state index contributed by atoms with van der Waals surface area (Å²) >= 11 is 0. The van der Waals surface area contributed by atoms with Crippen molar-refractivity contribution in [2.24, 2.45) is 10.9 Å². The van der Waals surface area contributed by atoms with Crippen LogP contribution >= 0.6 is 0 Å². The van der Waals surface area contributed by atoms with Gasteiger partial charge in [0.05, 0.1) is 12.5 Å². The van der Waals surface area contributed by atoms with Crippen LogP contribution < -0.4 is 10.6 Å². The van der Waals surface area contributed by atoms with Gasteiger partial charge in [-0.25, -0.2) is 4.99 Å². The Hall–Kier alpha value is -3.01. The minimum Gasteiger partial charge on any atom is -0.466 e. The molecule has 1 fully saturated rings. The number of esters is 1. The molecule has 7 heteroatoms. The smallest absolute Gasteiger partial charge is 0.310 e. The van der Waals surface area contributed by atoms with Gasteiger partial charge < -0.3 is 20.3 Å². The molecule has 28 heavy (non-hydrogen) atoms. The van der Waals surface area contributed by atoms with Crippen LogP contribution in [0.15, 0.2) is 29.3 Å². The van der Waals surface area contributed by atoms with Crippen LogP contribution in [0.1, 0.15) is 32.3 Å². The number of benzene rings is 1. The second-order valence-corrected chi connectivity index (χ2v) is 6.48. The zero-order valence-corrected chi connectivity index (χ0v) is 16.5. The SMILES string of the molecule is C#Cc1cccc(NC(=O)CN=C(NCC)N2CCCC(C(=O)OCC)C2)c1. The molecule has 0 aliphatic carbocycles. The van der Waals surface area contributed by atoms with Gasteiger partial charge in [0, 0.05) is 30.9 Å². The molecule has 2 N–H and O–H groups in total. The van der Waals surface area contributed by atoms with E-state index in [4.69, 9.17) is 11.2 Å². The molecular formula is C21H28N4O3. The molecule has 0 saturated carbocycles. The number of nitrogens with zero attached hydrogens (tertiary/aromatic N) is 2. The lowest BCUT2D eigenvalue weighted by Gasteiger charge is -2.33. The number of carbonyl (C=O) groups excluding carboxylic acids is 2. The first-order valence-corrected chi connectivity index (χ1v) is 9.63. The van der Waals surface area contributed by atoms with Crippen molar-refractivity contribution in [3.8, 4) is 12.3 Å². The number of rotatable bonds is 6. The van der Waals surface area contributed by atoms with Crippen molar-refractivity contribution in [1.82, 2.24) is 10.2 Å². The number of guanidine groups is 1. The number of amides is 1. The van der Waals surface area contributed by atoms with Crippen LogP contribution in [0.5, 0.6) is 0 Å². The Morgan fingerprint density at radius 2 is 2.21 bits per heavy atom. The predicted molar refractivity (Wildman–Crippen MR) is 110 cm³/mol. The second kappa shape index (κ2) is 11.0. The summed E-state index contributed by atoms with van der Waals surface area (Å²) in [4.78, 5) is 30.8. The third-order valence-electron chi connectivity index (χ3n) is 4.36. The minimum atomic E-state index is -0.233. The summed E-state index contributed by atoms with van der Waals surface area (Å²) in [5.41, 5.74) is 1.34. The number of hydrogen-bond donors (Lipinski definition) is 2. The number of terminal acetylenes is 1. The molecule has 1 aromatic carbocycles. The van der Waals surface area contributed by atoms with E-state index in [1.807, 2.05) is 18.7 Å². The van der Waals surface area contributed by atoms with Crippen LogP contribution in [-0.2, 0) is 14.3 Å². The van der Waals surface area contributed by atoms with Crippen molar-refractivity contribution in [2.45, 2.75) is 26.7 Å². The lowest BCUT2D eigenvalue weighted by Crippen LogP contribution is -2.48. The highest BCUT2D eigenvalue weighted by Crippen LogP contribution is 2.18. The Labute approximate surface area is 166 Å². The highest BCUT2D eigenvalue weighted by atomic mass is 16.5. The van der Waals surface area contributed by atoms with Gasteiger partial charge in [0.25, 0.3) is 0 Å². The molecule has 0 bridgehead atoms. The molecule has 0 spiro atoms. The fourth-order valence-corrected chi connectivity index (χ4v) is 3.08. The van der Waals surface area contributed by atoms with Gasteiger partial charge in [-0.15, -0.1) is 6.42 Å².